The van der Waals surface area contributed by atoms with Gasteiger partial charge in [0.25, 0.3) is 0 Å². The molecule has 0 aliphatic heterocycles. The second kappa shape index (κ2) is 8.48. The Hall–Kier alpha value is -0.610. The van der Waals surface area contributed by atoms with Crippen LogP contribution in [-0.4, -0.2) is 31.7 Å². The lowest BCUT2D eigenvalue weighted by atomic mass is 9.84. The number of ether oxygens (including phenoxy) is 1. The largest absolute Gasteiger partial charge is 0.383 e. The first kappa shape index (κ1) is 15.4. The second-order valence-corrected chi connectivity index (χ2v) is 5.45. The van der Waals surface area contributed by atoms with Crippen LogP contribution >= 0.6 is 0 Å². The molecule has 3 N–H and O–H groups in total. The first-order valence-electron chi connectivity index (χ1n) is 7.19. The molecule has 4 heteroatoms. The van der Waals surface area contributed by atoms with E-state index in [1.807, 2.05) is 0 Å². The van der Waals surface area contributed by atoms with Gasteiger partial charge < -0.3 is 15.8 Å². The van der Waals surface area contributed by atoms with Crippen LogP contribution in [0.4, 0.5) is 0 Å². The highest BCUT2D eigenvalue weighted by molar-refractivity contribution is 5.76. The Kier molecular flexibility index (Phi) is 7.28. The number of carbonyl (C=O) groups is 1. The third kappa shape index (κ3) is 5.83. The fraction of sp³-hybridized carbons (Fsp3) is 0.929. The Morgan fingerprint density at radius 2 is 2.06 bits per heavy atom. The van der Waals surface area contributed by atoms with Crippen LogP contribution in [0.2, 0.25) is 0 Å². The van der Waals surface area contributed by atoms with Crippen molar-refractivity contribution in [3.05, 3.63) is 0 Å². The minimum Gasteiger partial charge on any atom is -0.383 e. The van der Waals surface area contributed by atoms with Crippen LogP contribution in [0.25, 0.3) is 0 Å². The molecule has 18 heavy (non-hydrogen) atoms. The summed E-state index contributed by atoms with van der Waals surface area (Å²) in [7, 11) is 1.67. The highest BCUT2D eigenvalue weighted by atomic mass is 16.5. The van der Waals surface area contributed by atoms with E-state index in [4.69, 9.17) is 10.5 Å². The quantitative estimate of drug-likeness (QED) is 0.730. The molecule has 0 aromatic rings. The Bertz CT molecular complexity index is 238. The first-order valence-corrected chi connectivity index (χ1v) is 7.19. The van der Waals surface area contributed by atoms with Gasteiger partial charge in [-0.15, -0.1) is 0 Å². The smallest absolute Gasteiger partial charge is 0.220 e. The molecule has 0 aromatic heterocycles. The Morgan fingerprint density at radius 3 is 2.61 bits per heavy atom. The first-order chi connectivity index (χ1) is 8.65. The van der Waals surface area contributed by atoms with Crippen LogP contribution < -0.4 is 11.1 Å². The van der Waals surface area contributed by atoms with Crippen molar-refractivity contribution in [3.63, 3.8) is 0 Å². The summed E-state index contributed by atoms with van der Waals surface area (Å²) in [6.07, 6.45) is 7.16. The summed E-state index contributed by atoms with van der Waals surface area (Å²) in [5.41, 5.74) is 5.88. The number of methoxy groups -OCH3 is 1. The van der Waals surface area contributed by atoms with Crippen LogP contribution in [0, 0.1) is 5.92 Å². The molecule has 1 fully saturated rings. The van der Waals surface area contributed by atoms with E-state index < -0.39 is 0 Å². The molecule has 1 rings (SSSR count). The third-order valence-corrected chi connectivity index (χ3v) is 3.90. The van der Waals surface area contributed by atoms with Gasteiger partial charge in [0.05, 0.1) is 12.6 Å². The van der Waals surface area contributed by atoms with Crippen molar-refractivity contribution in [1.29, 1.82) is 0 Å². The van der Waals surface area contributed by atoms with E-state index in [9.17, 15) is 4.79 Å². The van der Waals surface area contributed by atoms with Crippen molar-refractivity contribution >= 4 is 5.91 Å². The number of hydrogen-bond donors (Lipinski definition) is 2. The molecule has 0 aromatic carbocycles. The van der Waals surface area contributed by atoms with Gasteiger partial charge in [0.2, 0.25) is 5.91 Å². The standard InChI is InChI=1S/C14H28N2O2/c1-3-13(10-18-2)16-14(17)9-6-11-4-7-12(15)8-5-11/h11-13H,3-10,15H2,1-2H3,(H,16,17). The third-order valence-electron chi connectivity index (χ3n) is 3.90. The molecule has 1 aliphatic carbocycles. The van der Waals surface area contributed by atoms with Crippen LogP contribution in [0.5, 0.6) is 0 Å². The van der Waals surface area contributed by atoms with Crippen LogP contribution in [-0.2, 0) is 9.53 Å². The maximum atomic E-state index is 11.8. The van der Waals surface area contributed by atoms with Gasteiger partial charge in [-0.1, -0.05) is 6.92 Å². The normalized spacial score (nSPS) is 25.7. The monoisotopic (exact) mass is 256 g/mol. The number of carbonyl (C=O) groups excluding carboxylic acids is 1. The molecule has 1 amide bonds. The molecule has 106 valence electrons. The number of nitrogens with two attached hydrogens (primary N) is 1. The average molecular weight is 256 g/mol. The fourth-order valence-corrected chi connectivity index (χ4v) is 2.57. The van der Waals surface area contributed by atoms with Crippen molar-refractivity contribution < 1.29 is 9.53 Å². The van der Waals surface area contributed by atoms with E-state index >= 15 is 0 Å². The molecule has 0 saturated heterocycles. The van der Waals surface area contributed by atoms with E-state index in [1.54, 1.807) is 7.11 Å². The summed E-state index contributed by atoms with van der Waals surface area (Å²) in [4.78, 5) is 11.8. The number of amides is 1. The van der Waals surface area contributed by atoms with Gasteiger partial charge >= 0.3 is 0 Å². The molecule has 1 saturated carbocycles. The van der Waals surface area contributed by atoms with Crippen molar-refractivity contribution in [2.75, 3.05) is 13.7 Å². The molecule has 1 aliphatic rings. The van der Waals surface area contributed by atoms with Gasteiger partial charge in [0.1, 0.15) is 0 Å². The number of hydrogen-bond acceptors (Lipinski definition) is 3. The SMILES string of the molecule is CCC(COC)NC(=O)CCC1CCC(N)CC1. The van der Waals surface area contributed by atoms with E-state index in [2.05, 4.69) is 12.2 Å². The molecule has 1 unspecified atom stereocenters. The van der Waals surface area contributed by atoms with Crippen molar-refractivity contribution in [1.82, 2.24) is 5.32 Å². The Labute approximate surface area is 111 Å². The molecule has 0 radical (unpaired) electrons. The van der Waals surface area contributed by atoms with E-state index in [0.717, 1.165) is 25.7 Å². The zero-order chi connectivity index (χ0) is 13.4. The predicted molar refractivity (Wildman–Crippen MR) is 73.3 cm³/mol. The van der Waals surface area contributed by atoms with E-state index in [-0.39, 0.29) is 11.9 Å². The van der Waals surface area contributed by atoms with Gasteiger partial charge in [0, 0.05) is 19.6 Å². The molecule has 0 heterocycles. The van der Waals surface area contributed by atoms with Gasteiger partial charge in [-0.05, 0) is 44.4 Å². The maximum absolute atomic E-state index is 11.8. The fourth-order valence-electron chi connectivity index (χ4n) is 2.57. The van der Waals surface area contributed by atoms with Crippen molar-refractivity contribution in [3.8, 4) is 0 Å². The summed E-state index contributed by atoms with van der Waals surface area (Å²) in [6.45, 7) is 2.66. The topological polar surface area (TPSA) is 64.3 Å². The minimum absolute atomic E-state index is 0.155. The summed E-state index contributed by atoms with van der Waals surface area (Å²) in [5.74, 6) is 0.854. The molecular formula is C14H28N2O2. The molecule has 4 nitrogen and oxygen atoms in total. The molecule has 0 bridgehead atoms. The zero-order valence-corrected chi connectivity index (χ0v) is 11.8. The lowest BCUT2D eigenvalue weighted by Crippen LogP contribution is -2.37. The van der Waals surface area contributed by atoms with Crippen molar-refractivity contribution in [2.45, 2.75) is 64.0 Å². The summed E-state index contributed by atoms with van der Waals surface area (Å²) in [5, 5.41) is 3.03. The Morgan fingerprint density at radius 1 is 1.39 bits per heavy atom. The van der Waals surface area contributed by atoms with E-state index in [1.165, 1.54) is 12.8 Å². The number of rotatable bonds is 7. The van der Waals surface area contributed by atoms with Gasteiger partial charge in [-0.25, -0.2) is 0 Å². The molecule has 0 spiro atoms. The van der Waals surface area contributed by atoms with E-state index in [0.29, 0.717) is 25.0 Å². The van der Waals surface area contributed by atoms with Crippen LogP contribution in [0.1, 0.15) is 51.9 Å². The zero-order valence-electron chi connectivity index (χ0n) is 11.8. The molecule has 1 atom stereocenters. The second-order valence-electron chi connectivity index (χ2n) is 5.45. The van der Waals surface area contributed by atoms with Gasteiger partial charge in [-0.2, -0.15) is 0 Å². The highest BCUT2D eigenvalue weighted by Crippen LogP contribution is 2.26. The minimum atomic E-state index is 0.155. The maximum Gasteiger partial charge on any atom is 0.220 e. The lowest BCUT2D eigenvalue weighted by Gasteiger charge is -2.26. The Balaban J connectivity index is 2.16. The number of nitrogens with one attached hydrogen (secondary N) is 1. The van der Waals surface area contributed by atoms with Gasteiger partial charge in [-0.3, -0.25) is 4.79 Å². The van der Waals surface area contributed by atoms with Crippen LogP contribution in [0.3, 0.4) is 0 Å². The highest BCUT2D eigenvalue weighted by Gasteiger charge is 2.19. The van der Waals surface area contributed by atoms with Gasteiger partial charge in [0.15, 0.2) is 0 Å². The predicted octanol–water partition coefficient (Wildman–Crippen LogP) is 1.83. The average Bonchev–Trinajstić information content (AvgIpc) is 2.37. The summed E-state index contributed by atoms with van der Waals surface area (Å²) < 4.78 is 5.07. The summed E-state index contributed by atoms with van der Waals surface area (Å²) >= 11 is 0. The molecular weight excluding hydrogens is 228 g/mol. The van der Waals surface area contributed by atoms with Crippen LogP contribution in [0.15, 0.2) is 0 Å². The lowest BCUT2D eigenvalue weighted by molar-refractivity contribution is -0.122. The summed E-state index contributed by atoms with van der Waals surface area (Å²) in [6, 6.07) is 0.545. The van der Waals surface area contributed by atoms with Crippen molar-refractivity contribution in [2.24, 2.45) is 11.7 Å².